The Morgan fingerprint density at radius 1 is 1.00 bits per heavy atom. The van der Waals surface area contributed by atoms with Crippen molar-refractivity contribution in [3.8, 4) is 11.5 Å². The second kappa shape index (κ2) is 5.21. The molecule has 0 radical (unpaired) electrons. The number of aryl methyl sites for hydroxylation is 1. The summed E-state index contributed by atoms with van der Waals surface area (Å²) in [6, 6.07) is 5.65. The Morgan fingerprint density at radius 3 is 2.11 bits per heavy atom. The van der Waals surface area contributed by atoms with E-state index in [1.165, 1.54) is 0 Å². The van der Waals surface area contributed by atoms with Gasteiger partial charge < -0.3 is 0 Å². The van der Waals surface area contributed by atoms with Crippen molar-refractivity contribution in [2.24, 2.45) is 0 Å². The van der Waals surface area contributed by atoms with Gasteiger partial charge in [0.2, 0.25) is 0 Å². The molecule has 5 heteroatoms. The Bertz CT molecular complexity index is 559. The van der Waals surface area contributed by atoms with Gasteiger partial charge in [0, 0.05) is 11.3 Å². The monoisotopic (exact) mass is 281 g/mol. The number of hydrogen-bond donors (Lipinski definition) is 0. The van der Waals surface area contributed by atoms with E-state index in [0.717, 1.165) is 11.3 Å². The normalized spacial score (nSPS) is 11.0. The minimum absolute atomic E-state index is 0.185. The molecule has 0 spiro atoms. The maximum atomic E-state index is 6.16. The minimum atomic E-state index is 0.185. The zero-order chi connectivity index (χ0) is 13.3. The summed E-state index contributed by atoms with van der Waals surface area (Å²) in [5.41, 5.74) is 2.35. The van der Waals surface area contributed by atoms with Crippen LogP contribution in [0.3, 0.4) is 0 Å². The molecule has 0 aliphatic carbocycles. The third-order valence-corrected chi connectivity index (χ3v) is 3.12. The summed E-state index contributed by atoms with van der Waals surface area (Å²) in [5, 5.41) is 0.784. The van der Waals surface area contributed by atoms with E-state index >= 15 is 0 Å². The molecule has 94 valence electrons. The van der Waals surface area contributed by atoms with Crippen LogP contribution in [0.1, 0.15) is 31.0 Å². The quantitative estimate of drug-likeness (QED) is 0.772. The molecule has 2 heterocycles. The van der Waals surface area contributed by atoms with Crippen LogP contribution < -0.4 is 0 Å². The van der Waals surface area contributed by atoms with E-state index in [2.05, 4.69) is 15.0 Å². The second-order valence-corrected chi connectivity index (χ2v) is 5.08. The fourth-order valence-electron chi connectivity index (χ4n) is 1.68. The van der Waals surface area contributed by atoms with Crippen molar-refractivity contribution >= 4 is 23.2 Å². The summed E-state index contributed by atoms with van der Waals surface area (Å²) in [7, 11) is 0. The van der Waals surface area contributed by atoms with E-state index in [-0.39, 0.29) is 5.92 Å². The van der Waals surface area contributed by atoms with Crippen LogP contribution in [0, 0.1) is 6.92 Å². The topological polar surface area (TPSA) is 38.7 Å². The highest BCUT2D eigenvalue weighted by atomic mass is 35.5. The van der Waals surface area contributed by atoms with Crippen molar-refractivity contribution < 1.29 is 0 Å². The molecule has 0 amide bonds. The number of aromatic nitrogens is 3. The number of pyridine rings is 1. The van der Waals surface area contributed by atoms with Gasteiger partial charge in [-0.15, -0.1) is 0 Å². The Balaban J connectivity index is 2.55. The lowest BCUT2D eigenvalue weighted by molar-refractivity contribution is 0.847. The number of halogens is 2. The number of hydrogen-bond acceptors (Lipinski definition) is 3. The summed E-state index contributed by atoms with van der Waals surface area (Å²) < 4.78 is 0. The molecule has 0 atom stereocenters. The van der Waals surface area contributed by atoms with Crippen molar-refractivity contribution in [1.82, 2.24) is 15.0 Å². The van der Waals surface area contributed by atoms with Crippen molar-refractivity contribution in [2.45, 2.75) is 26.7 Å². The maximum absolute atomic E-state index is 6.16. The lowest BCUT2D eigenvalue weighted by Crippen LogP contribution is -2.00. The molecule has 0 N–H and O–H groups in total. The molecule has 0 bridgehead atoms. The van der Waals surface area contributed by atoms with Gasteiger partial charge in [-0.05, 0) is 25.0 Å². The highest BCUT2D eigenvalue weighted by Gasteiger charge is 2.15. The highest BCUT2D eigenvalue weighted by Crippen LogP contribution is 2.30. The Kier molecular flexibility index (Phi) is 3.83. The molecule has 0 aliphatic rings. The SMILES string of the molecule is Cc1cccc(-c2nc(Cl)c(C(C)C)c(Cl)n2)n1. The van der Waals surface area contributed by atoms with E-state index in [1.807, 2.05) is 39.0 Å². The van der Waals surface area contributed by atoms with Gasteiger partial charge in [0.15, 0.2) is 5.82 Å². The first-order valence-electron chi connectivity index (χ1n) is 5.66. The maximum Gasteiger partial charge on any atom is 0.181 e. The third-order valence-electron chi connectivity index (χ3n) is 2.55. The van der Waals surface area contributed by atoms with Crippen LogP contribution in [0.5, 0.6) is 0 Å². The number of nitrogens with zero attached hydrogens (tertiary/aromatic N) is 3. The van der Waals surface area contributed by atoms with Gasteiger partial charge in [0.05, 0.1) is 0 Å². The van der Waals surface area contributed by atoms with Crippen LogP contribution in [-0.4, -0.2) is 15.0 Å². The van der Waals surface area contributed by atoms with E-state index in [0.29, 0.717) is 21.8 Å². The summed E-state index contributed by atoms with van der Waals surface area (Å²) >= 11 is 12.3. The molecule has 0 unspecified atom stereocenters. The molecule has 2 aromatic rings. The van der Waals surface area contributed by atoms with Crippen molar-refractivity contribution in [2.75, 3.05) is 0 Å². The largest absolute Gasteiger partial charge is 0.250 e. The van der Waals surface area contributed by atoms with Gasteiger partial charge >= 0.3 is 0 Å². The smallest absolute Gasteiger partial charge is 0.181 e. The summed E-state index contributed by atoms with van der Waals surface area (Å²) in [6.45, 7) is 5.91. The zero-order valence-corrected chi connectivity index (χ0v) is 11.9. The molecule has 0 saturated carbocycles. The molecule has 2 rings (SSSR count). The average Bonchev–Trinajstić information content (AvgIpc) is 2.27. The van der Waals surface area contributed by atoms with Crippen molar-refractivity contribution in [3.63, 3.8) is 0 Å². The van der Waals surface area contributed by atoms with Crippen LogP contribution in [0.25, 0.3) is 11.5 Å². The Hall–Kier alpha value is -1.19. The summed E-state index contributed by atoms with van der Waals surface area (Å²) in [4.78, 5) is 12.9. The molecule has 0 aromatic carbocycles. The fraction of sp³-hybridized carbons (Fsp3) is 0.308. The first-order valence-corrected chi connectivity index (χ1v) is 6.41. The van der Waals surface area contributed by atoms with E-state index in [1.54, 1.807) is 0 Å². The second-order valence-electron chi connectivity index (χ2n) is 4.36. The molecular weight excluding hydrogens is 269 g/mol. The molecule has 3 nitrogen and oxygen atoms in total. The molecular formula is C13H13Cl2N3. The average molecular weight is 282 g/mol. The standard InChI is InChI=1S/C13H13Cl2N3/c1-7(2)10-11(14)17-13(18-12(10)15)9-6-4-5-8(3)16-9/h4-7H,1-3H3. The zero-order valence-electron chi connectivity index (χ0n) is 10.4. The molecule has 0 aliphatic heterocycles. The van der Waals surface area contributed by atoms with Crippen LogP contribution in [-0.2, 0) is 0 Å². The predicted octanol–water partition coefficient (Wildman–Crippen LogP) is 4.28. The lowest BCUT2D eigenvalue weighted by Gasteiger charge is -2.10. The number of rotatable bonds is 2. The summed E-state index contributed by atoms with van der Waals surface area (Å²) in [5.74, 6) is 0.641. The van der Waals surface area contributed by atoms with Crippen LogP contribution in [0.2, 0.25) is 10.3 Å². The third kappa shape index (κ3) is 2.62. The van der Waals surface area contributed by atoms with Crippen LogP contribution >= 0.6 is 23.2 Å². The van der Waals surface area contributed by atoms with Gasteiger partial charge in [0.25, 0.3) is 0 Å². The molecule has 0 fully saturated rings. The van der Waals surface area contributed by atoms with E-state index < -0.39 is 0 Å². The van der Waals surface area contributed by atoms with Crippen LogP contribution in [0.4, 0.5) is 0 Å². The van der Waals surface area contributed by atoms with Gasteiger partial charge in [0.1, 0.15) is 16.0 Å². The van der Waals surface area contributed by atoms with Crippen molar-refractivity contribution in [1.29, 1.82) is 0 Å². The van der Waals surface area contributed by atoms with Gasteiger partial charge in [-0.2, -0.15) is 0 Å². The molecule has 2 aromatic heterocycles. The molecule has 18 heavy (non-hydrogen) atoms. The first-order chi connectivity index (χ1) is 8.49. The molecule has 0 saturated heterocycles. The predicted molar refractivity (Wildman–Crippen MR) is 74.1 cm³/mol. The summed E-state index contributed by atoms with van der Waals surface area (Å²) in [6.07, 6.45) is 0. The van der Waals surface area contributed by atoms with Gasteiger partial charge in [-0.3, -0.25) is 0 Å². The van der Waals surface area contributed by atoms with Gasteiger partial charge in [-0.25, -0.2) is 15.0 Å². The minimum Gasteiger partial charge on any atom is -0.250 e. The Morgan fingerprint density at radius 2 is 1.61 bits per heavy atom. The van der Waals surface area contributed by atoms with Crippen LogP contribution in [0.15, 0.2) is 18.2 Å². The fourth-order valence-corrected chi connectivity index (χ4v) is 2.50. The van der Waals surface area contributed by atoms with Gasteiger partial charge in [-0.1, -0.05) is 43.1 Å². The van der Waals surface area contributed by atoms with Crippen molar-refractivity contribution in [3.05, 3.63) is 39.8 Å². The lowest BCUT2D eigenvalue weighted by atomic mass is 10.1. The van der Waals surface area contributed by atoms with E-state index in [9.17, 15) is 0 Å². The first kappa shape index (κ1) is 13.2. The Labute approximate surface area is 116 Å². The highest BCUT2D eigenvalue weighted by molar-refractivity contribution is 6.34. The van der Waals surface area contributed by atoms with E-state index in [4.69, 9.17) is 23.2 Å².